The highest BCUT2D eigenvalue weighted by atomic mass is 16.1. The Hall–Kier alpha value is -2.42. The molecule has 0 saturated heterocycles. The first kappa shape index (κ1) is 11.7. The number of para-hydroxylation sites is 1. The molecule has 0 unspecified atom stereocenters. The number of nitrogens with zero attached hydrogens (tertiary/aromatic N) is 1. The van der Waals surface area contributed by atoms with Gasteiger partial charge in [0, 0.05) is 17.3 Å². The second-order valence-electron chi connectivity index (χ2n) is 4.74. The first-order valence-corrected chi connectivity index (χ1v) is 6.27. The molecule has 0 bridgehead atoms. The van der Waals surface area contributed by atoms with Crippen molar-refractivity contribution in [2.45, 2.75) is 6.42 Å². The number of H-pyrrole nitrogens is 1. The number of aryl methyl sites for hydroxylation is 1. The fourth-order valence-corrected chi connectivity index (χ4v) is 2.26. The predicted molar refractivity (Wildman–Crippen MR) is 74.0 cm³/mol. The van der Waals surface area contributed by atoms with E-state index >= 15 is 0 Å². The molecular formula is C16H15N2O+. The van der Waals surface area contributed by atoms with Gasteiger partial charge in [0.15, 0.2) is 18.2 Å². The maximum absolute atomic E-state index is 12.2. The van der Waals surface area contributed by atoms with Gasteiger partial charge < -0.3 is 4.98 Å². The number of hydrogen-bond donors (Lipinski definition) is 1. The van der Waals surface area contributed by atoms with Gasteiger partial charge in [-0.05, 0) is 23.6 Å². The Morgan fingerprint density at radius 2 is 2.05 bits per heavy atom. The van der Waals surface area contributed by atoms with Gasteiger partial charge in [0.25, 0.3) is 0 Å². The minimum atomic E-state index is 0.128. The zero-order valence-corrected chi connectivity index (χ0v) is 10.8. The van der Waals surface area contributed by atoms with E-state index in [1.54, 1.807) is 0 Å². The molecule has 2 heterocycles. The molecule has 94 valence electrons. The molecule has 0 spiro atoms. The third-order valence-corrected chi connectivity index (χ3v) is 3.20. The van der Waals surface area contributed by atoms with E-state index in [4.69, 9.17) is 0 Å². The monoisotopic (exact) mass is 251 g/mol. The van der Waals surface area contributed by atoms with Gasteiger partial charge in [-0.25, -0.2) is 4.57 Å². The molecule has 0 fully saturated rings. The van der Waals surface area contributed by atoms with Crippen LogP contribution in [0.25, 0.3) is 10.9 Å². The van der Waals surface area contributed by atoms with E-state index in [9.17, 15) is 4.79 Å². The highest BCUT2D eigenvalue weighted by molar-refractivity contribution is 5.97. The maximum atomic E-state index is 12.2. The molecule has 0 aliphatic carbocycles. The quantitative estimate of drug-likeness (QED) is 0.563. The summed E-state index contributed by atoms with van der Waals surface area (Å²) in [7, 11) is 1.92. The number of ketones is 1. The summed E-state index contributed by atoms with van der Waals surface area (Å²) in [6, 6.07) is 13.8. The number of hydrogen-bond acceptors (Lipinski definition) is 1. The summed E-state index contributed by atoms with van der Waals surface area (Å²) < 4.78 is 1.89. The molecule has 0 atom stereocenters. The van der Waals surface area contributed by atoms with Gasteiger partial charge in [0.2, 0.25) is 0 Å². The normalized spacial score (nSPS) is 10.8. The molecule has 3 aromatic rings. The number of aromatic amines is 1. The molecule has 19 heavy (non-hydrogen) atoms. The fraction of sp³-hybridized carbons (Fsp3) is 0.125. The number of nitrogens with one attached hydrogen (secondary N) is 1. The summed E-state index contributed by atoms with van der Waals surface area (Å²) in [6.45, 7) is 0. The summed E-state index contributed by atoms with van der Waals surface area (Å²) in [5.74, 6) is 0.128. The van der Waals surface area contributed by atoms with Crippen LogP contribution in [0.2, 0.25) is 0 Å². The Morgan fingerprint density at radius 3 is 2.84 bits per heavy atom. The molecular weight excluding hydrogens is 236 g/mol. The van der Waals surface area contributed by atoms with Crippen LogP contribution >= 0.6 is 0 Å². The first-order valence-electron chi connectivity index (χ1n) is 6.27. The second kappa shape index (κ2) is 4.69. The van der Waals surface area contributed by atoms with Crippen molar-refractivity contribution in [2.75, 3.05) is 0 Å². The van der Waals surface area contributed by atoms with Crippen molar-refractivity contribution >= 4 is 16.7 Å². The number of carbonyl (C=O) groups excluding carboxylic acids is 1. The number of fused-ring (bicyclic) bond motifs is 1. The Labute approximate surface area is 111 Å². The van der Waals surface area contributed by atoms with Crippen LogP contribution in [-0.2, 0) is 13.5 Å². The van der Waals surface area contributed by atoms with Crippen LogP contribution in [-0.4, -0.2) is 10.8 Å². The zero-order valence-electron chi connectivity index (χ0n) is 10.8. The van der Waals surface area contributed by atoms with E-state index in [1.165, 1.54) is 0 Å². The van der Waals surface area contributed by atoms with E-state index in [-0.39, 0.29) is 5.78 Å². The van der Waals surface area contributed by atoms with Crippen molar-refractivity contribution < 1.29 is 9.36 Å². The van der Waals surface area contributed by atoms with Gasteiger partial charge >= 0.3 is 0 Å². The van der Waals surface area contributed by atoms with E-state index < -0.39 is 0 Å². The van der Waals surface area contributed by atoms with Gasteiger partial charge in [-0.3, -0.25) is 4.79 Å². The molecule has 2 aromatic heterocycles. The third kappa shape index (κ3) is 2.40. The number of rotatable bonds is 3. The average molecular weight is 251 g/mol. The summed E-state index contributed by atoms with van der Waals surface area (Å²) in [5, 5.41) is 1.14. The summed E-state index contributed by atoms with van der Waals surface area (Å²) >= 11 is 0. The highest BCUT2D eigenvalue weighted by Crippen LogP contribution is 2.16. The topological polar surface area (TPSA) is 36.7 Å². The van der Waals surface area contributed by atoms with Crippen LogP contribution in [0.4, 0.5) is 0 Å². The summed E-state index contributed by atoms with van der Waals surface area (Å²) in [4.78, 5) is 15.5. The van der Waals surface area contributed by atoms with E-state index in [1.807, 2.05) is 66.5 Å². The molecule has 1 aromatic carbocycles. The maximum Gasteiger partial charge on any atom is 0.179 e. The van der Waals surface area contributed by atoms with Crippen molar-refractivity contribution in [2.24, 2.45) is 7.05 Å². The van der Waals surface area contributed by atoms with Crippen molar-refractivity contribution in [3.8, 4) is 0 Å². The molecule has 0 aliphatic heterocycles. The Kier molecular flexibility index (Phi) is 2.88. The first-order chi connectivity index (χ1) is 9.22. The van der Waals surface area contributed by atoms with Gasteiger partial charge in [0.1, 0.15) is 7.05 Å². The molecule has 0 aliphatic rings. The van der Waals surface area contributed by atoms with Gasteiger partial charge in [-0.2, -0.15) is 0 Å². The lowest BCUT2D eigenvalue weighted by atomic mass is 10.1. The average Bonchev–Trinajstić information content (AvgIpc) is 2.80. The van der Waals surface area contributed by atoms with Crippen molar-refractivity contribution in [1.82, 2.24) is 4.98 Å². The molecule has 3 nitrogen and oxygen atoms in total. The van der Waals surface area contributed by atoms with Crippen molar-refractivity contribution in [3.05, 3.63) is 66.1 Å². The van der Waals surface area contributed by atoms with Crippen LogP contribution in [0, 0.1) is 0 Å². The lowest BCUT2D eigenvalue weighted by molar-refractivity contribution is -0.671. The summed E-state index contributed by atoms with van der Waals surface area (Å²) in [5.41, 5.74) is 2.77. The Balaban J connectivity index is 1.86. The molecule has 3 heteroatoms. The highest BCUT2D eigenvalue weighted by Gasteiger charge is 2.11. The standard InChI is InChI=1S/C16H15N2O/c1-18-8-4-6-13(11-18)16(19)10-14-9-12-5-2-3-7-15(12)17-14/h2-9,11,17H,10H2,1H3/q+1. The Morgan fingerprint density at radius 1 is 1.21 bits per heavy atom. The minimum Gasteiger partial charge on any atom is -0.358 e. The SMILES string of the molecule is C[n+]1cccc(C(=O)Cc2cc3ccccc3[nH]2)c1. The van der Waals surface area contributed by atoms with Crippen LogP contribution < -0.4 is 4.57 Å². The number of benzene rings is 1. The number of Topliss-reactive ketones (excluding diaryl/α,β-unsaturated/α-hetero) is 1. The van der Waals surface area contributed by atoms with E-state index in [2.05, 4.69) is 4.98 Å². The van der Waals surface area contributed by atoms with Gasteiger partial charge in [-0.1, -0.05) is 18.2 Å². The number of aromatic nitrogens is 2. The van der Waals surface area contributed by atoms with Crippen molar-refractivity contribution in [3.63, 3.8) is 0 Å². The minimum absolute atomic E-state index is 0.128. The number of carbonyl (C=O) groups is 1. The summed E-state index contributed by atoms with van der Waals surface area (Å²) in [6.07, 6.45) is 4.17. The third-order valence-electron chi connectivity index (χ3n) is 3.20. The largest absolute Gasteiger partial charge is 0.358 e. The molecule has 0 saturated carbocycles. The molecule has 1 N–H and O–H groups in total. The van der Waals surface area contributed by atoms with E-state index in [0.717, 1.165) is 22.2 Å². The second-order valence-corrected chi connectivity index (χ2v) is 4.74. The van der Waals surface area contributed by atoms with Crippen LogP contribution in [0.5, 0.6) is 0 Å². The molecule has 0 radical (unpaired) electrons. The lowest BCUT2D eigenvalue weighted by Gasteiger charge is -1.97. The van der Waals surface area contributed by atoms with Crippen LogP contribution in [0.3, 0.4) is 0 Å². The zero-order chi connectivity index (χ0) is 13.2. The van der Waals surface area contributed by atoms with Gasteiger partial charge in [-0.15, -0.1) is 0 Å². The number of pyridine rings is 1. The Bertz CT molecular complexity index is 710. The lowest BCUT2D eigenvalue weighted by Crippen LogP contribution is -2.28. The predicted octanol–water partition coefficient (Wildman–Crippen LogP) is 2.42. The molecule has 3 rings (SSSR count). The van der Waals surface area contributed by atoms with Gasteiger partial charge in [0.05, 0.1) is 12.0 Å². The van der Waals surface area contributed by atoms with Crippen molar-refractivity contribution in [1.29, 1.82) is 0 Å². The van der Waals surface area contributed by atoms with Crippen LogP contribution in [0.1, 0.15) is 16.1 Å². The molecule has 0 amide bonds. The van der Waals surface area contributed by atoms with E-state index in [0.29, 0.717) is 6.42 Å². The smallest absolute Gasteiger partial charge is 0.179 e. The fourth-order valence-electron chi connectivity index (χ4n) is 2.26. The van der Waals surface area contributed by atoms with Crippen LogP contribution in [0.15, 0.2) is 54.9 Å².